The number of carbonyl (C=O) groups is 1. The molecule has 2 N–H and O–H groups in total. The highest BCUT2D eigenvalue weighted by molar-refractivity contribution is 5.92. The molecule has 0 bridgehead atoms. The quantitative estimate of drug-likeness (QED) is 0.807. The van der Waals surface area contributed by atoms with E-state index in [2.05, 4.69) is 5.32 Å². The molecule has 4 nitrogen and oxygen atoms in total. The van der Waals surface area contributed by atoms with Crippen molar-refractivity contribution in [3.05, 3.63) is 24.0 Å². The third-order valence-electron chi connectivity index (χ3n) is 2.63. The van der Waals surface area contributed by atoms with Gasteiger partial charge in [0.1, 0.15) is 5.69 Å². The fourth-order valence-corrected chi connectivity index (χ4v) is 1.64. The van der Waals surface area contributed by atoms with Crippen LogP contribution in [0, 0.1) is 0 Å². The number of aromatic nitrogens is 1. The zero-order chi connectivity index (χ0) is 11.8. The van der Waals surface area contributed by atoms with Gasteiger partial charge >= 0.3 is 0 Å². The van der Waals surface area contributed by atoms with E-state index in [1.807, 2.05) is 22.9 Å². The molecule has 0 radical (unpaired) electrons. The molecule has 4 heteroatoms. The summed E-state index contributed by atoms with van der Waals surface area (Å²) in [6, 6.07) is 4.20. The average molecular weight is 222 g/mol. The number of nitrogens with one attached hydrogen (secondary N) is 1. The number of amides is 1. The topological polar surface area (TPSA) is 54.3 Å². The second-order valence-electron chi connectivity index (χ2n) is 5.03. The molecule has 1 aromatic heterocycles. The number of nitrogens with zero attached hydrogens (tertiary/aromatic N) is 1. The van der Waals surface area contributed by atoms with Crippen LogP contribution in [0.3, 0.4) is 0 Å². The Bertz CT molecular complexity index is 386. The maximum absolute atomic E-state index is 11.9. The maximum atomic E-state index is 11.9. The molecular formula is C12H18N2O2. The van der Waals surface area contributed by atoms with Gasteiger partial charge in [-0.05, 0) is 38.8 Å². The standard InChI is InChI=1S/C12H18N2O2/c1-12(2,16)8-13-11(15)10-4-3-7-14(10)9-5-6-9/h3-4,7,9,16H,5-6,8H2,1-2H3,(H,13,15). The Labute approximate surface area is 95.3 Å². The highest BCUT2D eigenvalue weighted by Gasteiger charge is 2.27. The summed E-state index contributed by atoms with van der Waals surface area (Å²) in [7, 11) is 0. The van der Waals surface area contributed by atoms with Crippen molar-refractivity contribution in [1.29, 1.82) is 0 Å². The lowest BCUT2D eigenvalue weighted by Gasteiger charge is -2.18. The van der Waals surface area contributed by atoms with Crippen molar-refractivity contribution in [1.82, 2.24) is 9.88 Å². The first kappa shape index (κ1) is 11.2. The largest absolute Gasteiger partial charge is 0.389 e. The summed E-state index contributed by atoms with van der Waals surface area (Å²) in [6.07, 6.45) is 4.25. The summed E-state index contributed by atoms with van der Waals surface area (Å²) < 4.78 is 2.01. The van der Waals surface area contributed by atoms with E-state index < -0.39 is 5.60 Å². The van der Waals surface area contributed by atoms with E-state index in [1.165, 1.54) is 0 Å². The lowest BCUT2D eigenvalue weighted by Crippen LogP contribution is -2.38. The summed E-state index contributed by atoms with van der Waals surface area (Å²) in [5, 5.41) is 12.3. The van der Waals surface area contributed by atoms with Gasteiger partial charge in [-0.2, -0.15) is 0 Å². The van der Waals surface area contributed by atoms with Crippen LogP contribution in [0.1, 0.15) is 43.2 Å². The van der Waals surface area contributed by atoms with Crippen molar-refractivity contribution in [3.8, 4) is 0 Å². The van der Waals surface area contributed by atoms with Crippen LogP contribution in [0.25, 0.3) is 0 Å². The maximum Gasteiger partial charge on any atom is 0.268 e. The average Bonchev–Trinajstić information content (AvgIpc) is 2.92. The zero-order valence-corrected chi connectivity index (χ0v) is 9.73. The SMILES string of the molecule is CC(C)(O)CNC(=O)c1cccn1C1CC1. The number of hydrogen-bond acceptors (Lipinski definition) is 2. The van der Waals surface area contributed by atoms with Gasteiger partial charge in [-0.3, -0.25) is 4.79 Å². The molecule has 1 aromatic rings. The Morgan fingerprint density at radius 2 is 2.31 bits per heavy atom. The minimum Gasteiger partial charge on any atom is -0.389 e. The Kier molecular flexibility index (Phi) is 2.76. The van der Waals surface area contributed by atoms with Gasteiger partial charge in [-0.15, -0.1) is 0 Å². The number of carbonyl (C=O) groups excluding carboxylic acids is 1. The van der Waals surface area contributed by atoms with Crippen LogP contribution in [-0.4, -0.2) is 27.7 Å². The van der Waals surface area contributed by atoms with Crippen LogP contribution < -0.4 is 5.32 Å². The molecule has 0 atom stereocenters. The molecule has 1 aliphatic carbocycles. The first-order chi connectivity index (χ1) is 7.47. The zero-order valence-electron chi connectivity index (χ0n) is 9.73. The van der Waals surface area contributed by atoms with E-state index in [9.17, 15) is 9.90 Å². The highest BCUT2D eigenvalue weighted by Crippen LogP contribution is 2.35. The van der Waals surface area contributed by atoms with Gasteiger partial charge in [-0.25, -0.2) is 0 Å². The molecule has 88 valence electrons. The molecule has 1 heterocycles. The van der Waals surface area contributed by atoms with E-state index in [4.69, 9.17) is 0 Å². The summed E-state index contributed by atoms with van der Waals surface area (Å²) in [4.78, 5) is 11.9. The first-order valence-corrected chi connectivity index (χ1v) is 5.65. The van der Waals surface area contributed by atoms with Crippen LogP contribution in [-0.2, 0) is 0 Å². The molecule has 2 rings (SSSR count). The van der Waals surface area contributed by atoms with Crippen LogP contribution >= 0.6 is 0 Å². The van der Waals surface area contributed by atoms with Crippen LogP contribution in [0.5, 0.6) is 0 Å². The van der Waals surface area contributed by atoms with Gasteiger partial charge in [0.15, 0.2) is 0 Å². The fourth-order valence-electron chi connectivity index (χ4n) is 1.64. The molecule has 1 saturated carbocycles. The molecule has 0 spiro atoms. The van der Waals surface area contributed by atoms with E-state index in [0.717, 1.165) is 12.8 Å². The van der Waals surface area contributed by atoms with Gasteiger partial charge in [0.25, 0.3) is 5.91 Å². The van der Waals surface area contributed by atoms with Crippen molar-refractivity contribution in [2.45, 2.75) is 38.3 Å². The highest BCUT2D eigenvalue weighted by atomic mass is 16.3. The number of rotatable bonds is 4. The van der Waals surface area contributed by atoms with E-state index >= 15 is 0 Å². The lowest BCUT2D eigenvalue weighted by atomic mass is 10.1. The third-order valence-corrected chi connectivity index (χ3v) is 2.63. The van der Waals surface area contributed by atoms with Crippen molar-refractivity contribution >= 4 is 5.91 Å². The summed E-state index contributed by atoms with van der Waals surface area (Å²) in [5.41, 5.74) is -0.182. The van der Waals surface area contributed by atoms with Gasteiger partial charge in [0.2, 0.25) is 0 Å². The Balaban J connectivity index is 2.00. The predicted molar refractivity (Wildman–Crippen MR) is 61.3 cm³/mol. The lowest BCUT2D eigenvalue weighted by molar-refractivity contribution is 0.0689. The molecule has 1 amide bonds. The Morgan fingerprint density at radius 1 is 1.62 bits per heavy atom. The van der Waals surface area contributed by atoms with Gasteiger partial charge in [0.05, 0.1) is 5.60 Å². The first-order valence-electron chi connectivity index (χ1n) is 5.65. The minimum atomic E-state index is -0.868. The molecule has 16 heavy (non-hydrogen) atoms. The molecule has 1 aliphatic rings. The molecule has 0 aromatic carbocycles. The van der Waals surface area contributed by atoms with Crippen molar-refractivity contribution in [3.63, 3.8) is 0 Å². The van der Waals surface area contributed by atoms with Gasteiger partial charge in [-0.1, -0.05) is 0 Å². The van der Waals surface area contributed by atoms with Crippen molar-refractivity contribution in [2.24, 2.45) is 0 Å². The normalized spacial score (nSPS) is 16.2. The molecule has 1 fully saturated rings. The second-order valence-corrected chi connectivity index (χ2v) is 5.03. The fraction of sp³-hybridized carbons (Fsp3) is 0.583. The second kappa shape index (κ2) is 3.94. The van der Waals surface area contributed by atoms with Crippen LogP contribution in [0.15, 0.2) is 18.3 Å². The molecular weight excluding hydrogens is 204 g/mol. The summed E-state index contributed by atoms with van der Waals surface area (Å²) >= 11 is 0. The van der Waals surface area contributed by atoms with E-state index in [1.54, 1.807) is 13.8 Å². The van der Waals surface area contributed by atoms with E-state index in [0.29, 0.717) is 11.7 Å². The van der Waals surface area contributed by atoms with Crippen molar-refractivity contribution in [2.75, 3.05) is 6.54 Å². The van der Waals surface area contributed by atoms with Crippen LogP contribution in [0.2, 0.25) is 0 Å². The summed E-state index contributed by atoms with van der Waals surface area (Å²) in [5.74, 6) is -0.112. The van der Waals surface area contributed by atoms with Crippen molar-refractivity contribution < 1.29 is 9.90 Å². The third kappa shape index (κ3) is 2.64. The minimum absolute atomic E-state index is 0.112. The Hall–Kier alpha value is -1.29. The van der Waals surface area contributed by atoms with Gasteiger partial charge in [0, 0.05) is 18.8 Å². The van der Waals surface area contributed by atoms with E-state index in [-0.39, 0.29) is 12.5 Å². The monoisotopic (exact) mass is 222 g/mol. The molecule has 0 saturated heterocycles. The summed E-state index contributed by atoms with van der Waals surface area (Å²) in [6.45, 7) is 3.61. The van der Waals surface area contributed by atoms with Crippen LogP contribution in [0.4, 0.5) is 0 Å². The van der Waals surface area contributed by atoms with Gasteiger partial charge < -0.3 is 15.0 Å². The molecule has 0 unspecified atom stereocenters. The number of aliphatic hydroxyl groups is 1. The predicted octanol–water partition coefficient (Wildman–Crippen LogP) is 1.32. The Morgan fingerprint density at radius 3 is 2.88 bits per heavy atom. The molecule has 0 aliphatic heterocycles. The number of hydrogen-bond donors (Lipinski definition) is 2. The smallest absolute Gasteiger partial charge is 0.268 e.